The van der Waals surface area contributed by atoms with Gasteiger partial charge in [0.15, 0.2) is 0 Å². The van der Waals surface area contributed by atoms with Crippen molar-refractivity contribution in [3.8, 4) is 0 Å². The molecule has 0 amide bonds. The molecule has 2 aliphatic rings. The van der Waals surface area contributed by atoms with E-state index in [9.17, 15) is 13.2 Å². The summed E-state index contributed by atoms with van der Waals surface area (Å²) in [6, 6.07) is -0.0523. The zero-order valence-electron chi connectivity index (χ0n) is 10.4. The first-order valence-electron chi connectivity index (χ1n) is 6.18. The molecule has 3 nitrogen and oxygen atoms in total. The van der Waals surface area contributed by atoms with Crippen LogP contribution in [0.5, 0.6) is 0 Å². The Morgan fingerprint density at radius 3 is 2.61 bits per heavy atom. The molecule has 1 unspecified atom stereocenters. The average molecular weight is 259 g/mol. The monoisotopic (exact) mass is 259 g/mol. The van der Waals surface area contributed by atoms with Crippen molar-refractivity contribution in [2.45, 2.75) is 45.5 Å². The molecule has 0 bridgehead atoms. The van der Waals surface area contributed by atoms with E-state index in [-0.39, 0.29) is 11.5 Å². The zero-order chi connectivity index (χ0) is 13.1. The number of hydrogen-bond acceptors (Lipinski definition) is 2. The molecule has 1 aromatic rings. The summed E-state index contributed by atoms with van der Waals surface area (Å²) in [6.07, 6.45) is -2.94. The van der Waals surface area contributed by atoms with E-state index in [2.05, 4.69) is 10.3 Å². The summed E-state index contributed by atoms with van der Waals surface area (Å²) in [7, 11) is 0. The fraction of sp³-hybridized carbons (Fsp3) is 0.750. The molecule has 1 aliphatic carbocycles. The van der Waals surface area contributed by atoms with Gasteiger partial charge in [0, 0.05) is 31.2 Å². The maximum atomic E-state index is 13.1. The van der Waals surface area contributed by atoms with Crippen molar-refractivity contribution in [2.24, 2.45) is 5.41 Å². The van der Waals surface area contributed by atoms with Gasteiger partial charge in [-0.15, -0.1) is 0 Å². The minimum Gasteiger partial charge on any atom is -0.320 e. The highest BCUT2D eigenvalue weighted by Gasteiger charge is 2.52. The van der Waals surface area contributed by atoms with Crippen molar-refractivity contribution < 1.29 is 13.2 Å². The molecular formula is C12H16F3N3. The van der Waals surface area contributed by atoms with Gasteiger partial charge in [0.25, 0.3) is 0 Å². The Balaban J connectivity index is 2.12. The Hall–Kier alpha value is -1.04. The molecule has 18 heavy (non-hydrogen) atoms. The minimum absolute atomic E-state index is 0.0423. The Kier molecular flexibility index (Phi) is 2.33. The van der Waals surface area contributed by atoms with Gasteiger partial charge in [-0.2, -0.15) is 13.2 Å². The first-order chi connectivity index (χ1) is 8.31. The highest BCUT2D eigenvalue weighted by molar-refractivity contribution is 5.25. The Bertz CT molecular complexity index is 487. The fourth-order valence-electron chi connectivity index (χ4n) is 2.75. The van der Waals surface area contributed by atoms with E-state index < -0.39 is 12.0 Å². The number of fused-ring (bicyclic) bond motifs is 1. The van der Waals surface area contributed by atoms with E-state index >= 15 is 0 Å². The van der Waals surface area contributed by atoms with Gasteiger partial charge in [-0.3, -0.25) is 0 Å². The predicted molar refractivity (Wildman–Crippen MR) is 60.1 cm³/mol. The van der Waals surface area contributed by atoms with Crippen LogP contribution in [0.4, 0.5) is 13.2 Å². The van der Waals surface area contributed by atoms with Crippen LogP contribution in [0.3, 0.4) is 0 Å². The lowest BCUT2D eigenvalue weighted by Crippen LogP contribution is -2.25. The number of nitrogens with one attached hydrogen (secondary N) is 1. The van der Waals surface area contributed by atoms with Crippen LogP contribution in [-0.4, -0.2) is 16.1 Å². The van der Waals surface area contributed by atoms with Crippen LogP contribution in [-0.2, 0) is 19.1 Å². The molecule has 0 saturated heterocycles. The fourth-order valence-corrected chi connectivity index (χ4v) is 2.75. The van der Waals surface area contributed by atoms with Crippen molar-refractivity contribution in [2.75, 3.05) is 6.54 Å². The van der Waals surface area contributed by atoms with E-state index in [4.69, 9.17) is 0 Å². The highest BCUT2D eigenvalue weighted by Crippen LogP contribution is 2.57. The van der Waals surface area contributed by atoms with Crippen LogP contribution in [0.15, 0.2) is 0 Å². The van der Waals surface area contributed by atoms with Gasteiger partial charge in [0.2, 0.25) is 5.82 Å². The number of nitrogens with zero attached hydrogens (tertiary/aromatic N) is 2. The van der Waals surface area contributed by atoms with Crippen LogP contribution < -0.4 is 5.32 Å². The normalized spacial score (nSPS) is 25.9. The molecule has 1 aromatic heterocycles. The van der Waals surface area contributed by atoms with E-state index in [1.807, 2.05) is 13.8 Å². The summed E-state index contributed by atoms with van der Waals surface area (Å²) in [5.41, 5.74) is 1.30. The smallest absolute Gasteiger partial charge is 0.320 e. The van der Waals surface area contributed by atoms with Crippen molar-refractivity contribution in [1.82, 2.24) is 14.9 Å². The summed E-state index contributed by atoms with van der Waals surface area (Å²) < 4.78 is 40.7. The summed E-state index contributed by atoms with van der Waals surface area (Å²) in [6.45, 7) is 5.18. The van der Waals surface area contributed by atoms with Crippen molar-refractivity contribution >= 4 is 0 Å². The summed E-state index contributed by atoms with van der Waals surface area (Å²) >= 11 is 0. The summed E-state index contributed by atoms with van der Waals surface area (Å²) in [5, 5.41) is 3.07. The van der Waals surface area contributed by atoms with E-state index in [1.54, 1.807) is 0 Å². The third kappa shape index (κ3) is 1.74. The van der Waals surface area contributed by atoms with Gasteiger partial charge >= 0.3 is 6.18 Å². The van der Waals surface area contributed by atoms with Crippen molar-refractivity contribution in [3.05, 3.63) is 17.2 Å². The molecule has 100 valence electrons. The van der Waals surface area contributed by atoms with Crippen LogP contribution in [0.1, 0.15) is 43.5 Å². The molecule has 1 atom stereocenters. The van der Waals surface area contributed by atoms with Crippen LogP contribution in [0.2, 0.25) is 0 Å². The molecular weight excluding hydrogens is 243 g/mol. The average Bonchev–Trinajstić information content (AvgIpc) is 2.74. The second-order valence-corrected chi connectivity index (χ2v) is 5.83. The number of alkyl halides is 3. The second-order valence-electron chi connectivity index (χ2n) is 5.83. The predicted octanol–water partition coefficient (Wildman–Crippen LogP) is 2.52. The number of aromatic nitrogens is 2. The van der Waals surface area contributed by atoms with Crippen LogP contribution >= 0.6 is 0 Å². The molecule has 6 heteroatoms. The second kappa shape index (κ2) is 3.50. The van der Waals surface area contributed by atoms with E-state index in [0.29, 0.717) is 18.7 Å². The highest BCUT2D eigenvalue weighted by atomic mass is 19.4. The Morgan fingerprint density at radius 1 is 1.39 bits per heavy atom. The first kappa shape index (κ1) is 12.0. The minimum atomic E-state index is -4.37. The molecule has 2 heterocycles. The molecule has 0 aromatic carbocycles. The van der Waals surface area contributed by atoms with Gasteiger partial charge < -0.3 is 9.88 Å². The standard InChI is InChI=1S/C12H16F3N3/c1-11(2)5-9(11)18-8-3-4-16-6-7(8)17-10(18)12(13,14)15/h9,16H,3-6H2,1-2H3. The topological polar surface area (TPSA) is 29.9 Å². The van der Waals surface area contributed by atoms with Gasteiger partial charge in [-0.05, 0) is 11.8 Å². The summed E-state index contributed by atoms with van der Waals surface area (Å²) in [5.74, 6) is -0.716. The number of hydrogen-bond donors (Lipinski definition) is 1. The number of halogens is 3. The Labute approximate surface area is 103 Å². The maximum absolute atomic E-state index is 13.1. The van der Waals surface area contributed by atoms with Crippen LogP contribution in [0, 0.1) is 5.41 Å². The molecule has 1 fully saturated rings. The number of imidazole rings is 1. The van der Waals surface area contributed by atoms with E-state index in [1.165, 1.54) is 4.57 Å². The lowest BCUT2D eigenvalue weighted by molar-refractivity contribution is -0.147. The third-order valence-corrected chi connectivity index (χ3v) is 3.95. The maximum Gasteiger partial charge on any atom is 0.449 e. The molecule has 3 rings (SSSR count). The molecule has 0 spiro atoms. The van der Waals surface area contributed by atoms with Gasteiger partial charge in [0.1, 0.15) is 0 Å². The summed E-state index contributed by atoms with van der Waals surface area (Å²) in [4.78, 5) is 3.82. The SMILES string of the molecule is CC1(C)CC1n1c(C(F)(F)F)nc2c1CCNC2. The third-order valence-electron chi connectivity index (χ3n) is 3.95. The largest absolute Gasteiger partial charge is 0.449 e. The molecule has 1 N–H and O–H groups in total. The van der Waals surface area contributed by atoms with Gasteiger partial charge in [-0.1, -0.05) is 13.8 Å². The number of rotatable bonds is 1. The van der Waals surface area contributed by atoms with Gasteiger partial charge in [-0.25, -0.2) is 4.98 Å². The van der Waals surface area contributed by atoms with Crippen molar-refractivity contribution in [1.29, 1.82) is 0 Å². The molecule has 0 radical (unpaired) electrons. The quantitative estimate of drug-likeness (QED) is 0.840. The van der Waals surface area contributed by atoms with Crippen LogP contribution in [0.25, 0.3) is 0 Å². The lowest BCUT2D eigenvalue weighted by atomic mass is 10.1. The van der Waals surface area contributed by atoms with Crippen molar-refractivity contribution in [3.63, 3.8) is 0 Å². The molecule has 1 aliphatic heterocycles. The van der Waals surface area contributed by atoms with Gasteiger partial charge in [0.05, 0.1) is 5.69 Å². The Morgan fingerprint density at radius 2 is 2.06 bits per heavy atom. The van der Waals surface area contributed by atoms with E-state index in [0.717, 1.165) is 18.7 Å². The zero-order valence-corrected chi connectivity index (χ0v) is 10.4. The lowest BCUT2D eigenvalue weighted by Gasteiger charge is -2.18. The first-order valence-corrected chi connectivity index (χ1v) is 6.18. The molecule has 1 saturated carbocycles.